The zero-order chi connectivity index (χ0) is 11.5. The Kier molecular flexibility index (Phi) is 2.50. The molecular weight excluding hydrogens is 210 g/mol. The van der Waals surface area contributed by atoms with E-state index in [0.29, 0.717) is 11.3 Å². The van der Waals surface area contributed by atoms with Crippen molar-refractivity contribution < 1.29 is 9.32 Å². The SMILES string of the molecule is CNC(=O)c1noc(-c2ccncc2N)n1. The molecule has 0 saturated carbocycles. The number of amides is 1. The van der Waals surface area contributed by atoms with Gasteiger partial charge in [-0.15, -0.1) is 0 Å². The zero-order valence-corrected chi connectivity index (χ0v) is 8.47. The molecule has 0 saturated heterocycles. The minimum atomic E-state index is -0.414. The number of nitrogens with two attached hydrogens (primary N) is 1. The standard InChI is InChI=1S/C9H9N5O2/c1-11-8(15)7-13-9(16-14-7)5-2-3-12-4-6(5)10/h2-4H,10H2,1H3,(H,11,15). The van der Waals surface area contributed by atoms with Crippen molar-refractivity contribution in [3.05, 3.63) is 24.3 Å². The minimum absolute atomic E-state index is 0.0336. The van der Waals surface area contributed by atoms with E-state index in [1.807, 2.05) is 0 Å². The van der Waals surface area contributed by atoms with E-state index < -0.39 is 5.91 Å². The van der Waals surface area contributed by atoms with Crippen LogP contribution in [0.4, 0.5) is 5.69 Å². The van der Waals surface area contributed by atoms with Gasteiger partial charge in [-0.05, 0) is 6.07 Å². The lowest BCUT2D eigenvalue weighted by Crippen LogP contribution is -2.19. The number of rotatable bonds is 2. The van der Waals surface area contributed by atoms with Crippen LogP contribution in [-0.2, 0) is 0 Å². The Labute approximate surface area is 90.7 Å². The number of aromatic nitrogens is 3. The van der Waals surface area contributed by atoms with Gasteiger partial charge in [-0.1, -0.05) is 5.16 Å². The van der Waals surface area contributed by atoms with Crippen LogP contribution < -0.4 is 11.1 Å². The molecule has 0 aromatic carbocycles. The van der Waals surface area contributed by atoms with Gasteiger partial charge in [0.05, 0.1) is 17.4 Å². The highest BCUT2D eigenvalue weighted by atomic mass is 16.5. The molecule has 0 aliphatic carbocycles. The van der Waals surface area contributed by atoms with Gasteiger partial charge < -0.3 is 15.6 Å². The van der Waals surface area contributed by atoms with E-state index in [-0.39, 0.29) is 11.7 Å². The summed E-state index contributed by atoms with van der Waals surface area (Å²) in [6.45, 7) is 0. The molecule has 3 N–H and O–H groups in total. The molecule has 2 aromatic rings. The zero-order valence-electron chi connectivity index (χ0n) is 8.47. The summed E-state index contributed by atoms with van der Waals surface area (Å²) < 4.78 is 4.92. The van der Waals surface area contributed by atoms with Gasteiger partial charge in [0, 0.05) is 13.2 Å². The number of carbonyl (C=O) groups is 1. The van der Waals surface area contributed by atoms with Gasteiger partial charge in [0.15, 0.2) is 0 Å². The van der Waals surface area contributed by atoms with Gasteiger partial charge >= 0.3 is 0 Å². The molecule has 82 valence electrons. The molecule has 0 bridgehead atoms. The van der Waals surface area contributed by atoms with E-state index in [2.05, 4.69) is 20.4 Å². The van der Waals surface area contributed by atoms with Crippen molar-refractivity contribution in [2.24, 2.45) is 0 Å². The smallest absolute Gasteiger partial charge is 0.292 e. The molecule has 0 fully saturated rings. The summed E-state index contributed by atoms with van der Waals surface area (Å²) in [5.74, 6) is -0.255. The first kappa shape index (κ1) is 10.1. The Morgan fingerprint density at radius 3 is 3.06 bits per heavy atom. The van der Waals surface area contributed by atoms with E-state index in [9.17, 15) is 4.79 Å². The summed E-state index contributed by atoms with van der Waals surface area (Å²) in [4.78, 5) is 19.0. The Morgan fingerprint density at radius 1 is 1.56 bits per heavy atom. The quantitative estimate of drug-likeness (QED) is 0.740. The van der Waals surface area contributed by atoms with Crippen LogP contribution in [0.3, 0.4) is 0 Å². The molecule has 2 aromatic heterocycles. The van der Waals surface area contributed by atoms with Crippen molar-refractivity contribution in [1.82, 2.24) is 20.4 Å². The topological polar surface area (TPSA) is 107 Å². The number of carbonyl (C=O) groups excluding carboxylic acids is 1. The van der Waals surface area contributed by atoms with Crippen LogP contribution in [0, 0.1) is 0 Å². The lowest BCUT2D eigenvalue weighted by molar-refractivity contribution is 0.0950. The van der Waals surface area contributed by atoms with E-state index >= 15 is 0 Å². The number of pyridine rings is 1. The Hall–Kier alpha value is -2.44. The number of nitrogen functional groups attached to an aromatic ring is 1. The molecule has 0 aliphatic rings. The molecule has 7 nitrogen and oxygen atoms in total. The first-order valence-corrected chi connectivity index (χ1v) is 4.48. The predicted octanol–water partition coefficient (Wildman–Crippen LogP) is 0.0734. The maximum Gasteiger partial charge on any atom is 0.292 e. The van der Waals surface area contributed by atoms with Crippen LogP contribution in [-0.4, -0.2) is 28.1 Å². The van der Waals surface area contributed by atoms with Crippen molar-refractivity contribution >= 4 is 11.6 Å². The third kappa shape index (κ3) is 1.70. The van der Waals surface area contributed by atoms with Crippen LogP contribution in [0.5, 0.6) is 0 Å². The number of anilines is 1. The summed E-state index contributed by atoms with van der Waals surface area (Å²) in [5, 5.41) is 5.92. The van der Waals surface area contributed by atoms with Crippen molar-refractivity contribution in [3.63, 3.8) is 0 Å². The fraction of sp³-hybridized carbons (Fsp3) is 0.111. The van der Waals surface area contributed by atoms with E-state index in [1.165, 1.54) is 13.2 Å². The average Bonchev–Trinajstić information content (AvgIpc) is 2.78. The Balaban J connectivity index is 2.39. The number of nitrogens with zero attached hydrogens (tertiary/aromatic N) is 3. The van der Waals surface area contributed by atoms with Crippen LogP contribution in [0.25, 0.3) is 11.5 Å². The second kappa shape index (κ2) is 3.97. The van der Waals surface area contributed by atoms with Crippen molar-refractivity contribution in [3.8, 4) is 11.5 Å². The van der Waals surface area contributed by atoms with Crippen LogP contribution in [0.15, 0.2) is 23.0 Å². The van der Waals surface area contributed by atoms with E-state index in [4.69, 9.17) is 10.3 Å². The van der Waals surface area contributed by atoms with Gasteiger partial charge in [-0.2, -0.15) is 4.98 Å². The molecular formula is C9H9N5O2. The second-order valence-electron chi connectivity index (χ2n) is 2.97. The van der Waals surface area contributed by atoms with Gasteiger partial charge in [-0.25, -0.2) is 0 Å². The summed E-state index contributed by atoms with van der Waals surface area (Å²) in [7, 11) is 1.49. The van der Waals surface area contributed by atoms with Crippen LogP contribution in [0.1, 0.15) is 10.6 Å². The molecule has 0 aliphatic heterocycles. The molecule has 0 atom stereocenters. The largest absolute Gasteiger partial charge is 0.397 e. The molecule has 0 unspecified atom stereocenters. The summed E-state index contributed by atoms with van der Waals surface area (Å²) in [6, 6.07) is 1.64. The lowest BCUT2D eigenvalue weighted by atomic mass is 10.2. The van der Waals surface area contributed by atoms with Crippen molar-refractivity contribution in [1.29, 1.82) is 0 Å². The Morgan fingerprint density at radius 2 is 2.38 bits per heavy atom. The highest BCUT2D eigenvalue weighted by molar-refractivity contribution is 5.90. The maximum atomic E-state index is 11.2. The number of hydrogen-bond donors (Lipinski definition) is 2. The molecule has 2 heterocycles. The van der Waals surface area contributed by atoms with Crippen molar-refractivity contribution in [2.75, 3.05) is 12.8 Å². The average molecular weight is 219 g/mol. The highest BCUT2D eigenvalue weighted by Crippen LogP contribution is 2.22. The third-order valence-electron chi connectivity index (χ3n) is 1.94. The molecule has 16 heavy (non-hydrogen) atoms. The highest BCUT2D eigenvalue weighted by Gasteiger charge is 2.15. The summed E-state index contributed by atoms with van der Waals surface area (Å²) in [5.41, 5.74) is 6.64. The predicted molar refractivity (Wildman–Crippen MR) is 55.3 cm³/mol. The van der Waals surface area contributed by atoms with Gasteiger partial charge in [0.2, 0.25) is 0 Å². The van der Waals surface area contributed by atoms with Crippen LogP contribution in [0.2, 0.25) is 0 Å². The fourth-order valence-corrected chi connectivity index (χ4v) is 1.14. The molecule has 0 radical (unpaired) electrons. The molecule has 1 amide bonds. The van der Waals surface area contributed by atoms with E-state index in [0.717, 1.165) is 0 Å². The third-order valence-corrected chi connectivity index (χ3v) is 1.94. The number of nitrogens with one attached hydrogen (secondary N) is 1. The minimum Gasteiger partial charge on any atom is -0.397 e. The van der Waals surface area contributed by atoms with E-state index in [1.54, 1.807) is 12.3 Å². The molecule has 2 rings (SSSR count). The van der Waals surface area contributed by atoms with Crippen molar-refractivity contribution in [2.45, 2.75) is 0 Å². The normalized spacial score (nSPS) is 10.1. The Bertz CT molecular complexity index is 522. The van der Waals surface area contributed by atoms with Gasteiger partial charge in [-0.3, -0.25) is 9.78 Å². The fourth-order valence-electron chi connectivity index (χ4n) is 1.14. The lowest BCUT2D eigenvalue weighted by Gasteiger charge is -1.96. The van der Waals surface area contributed by atoms with Gasteiger partial charge in [0.25, 0.3) is 17.6 Å². The first-order chi connectivity index (χ1) is 7.72. The number of hydrogen-bond acceptors (Lipinski definition) is 6. The first-order valence-electron chi connectivity index (χ1n) is 4.48. The van der Waals surface area contributed by atoms with Crippen LogP contribution >= 0.6 is 0 Å². The van der Waals surface area contributed by atoms with Gasteiger partial charge in [0.1, 0.15) is 0 Å². The molecule has 0 spiro atoms. The second-order valence-corrected chi connectivity index (χ2v) is 2.97. The monoisotopic (exact) mass is 219 g/mol. The summed E-state index contributed by atoms with van der Waals surface area (Å²) >= 11 is 0. The molecule has 7 heteroatoms. The maximum absolute atomic E-state index is 11.2. The summed E-state index contributed by atoms with van der Waals surface area (Å²) in [6.07, 6.45) is 3.02.